The van der Waals surface area contributed by atoms with Gasteiger partial charge in [0.2, 0.25) is 0 Å². The molecule has 8 nitrogen and oxygen atoms in total. The van der Waals surface area contributed by atoms with E-state index in [4.69, 9.17) is 5.11 Å². The van der Waals surface area contributed by atoms with Crippen LogP contribution in [0.1, 0.15) is 28.4 Å². The minimum atomic E-state index is -3.99. The summed E-state index contributed by atoms with van der Waals surface area (Å²) in [5.74, 6) is -1.68. The first-order valence-corrected chi connectivity index (χ1v) is 11.6. The van der Waals surface area contributed by atoms with Gasteiger partial charge in [0.25, 0.3) is 15.9 Å². The molecule has 3 aromatic carbocycles. The first-order valence-electron chi connectivity index (χ1n) is 10.1. The number of carboxylic acids is 1. The van der Waals surface area contributed by atoms with E-state index >= 15 is 0 Å². The van der Waals surface area contributed by atoms with Crippen LogP contribution in [-0.2, 0) is 21.2 Å². The molecule has 0 saturated carbocycles. The number of amides is 1. The molecular weight excluding hydrogens is 442 g/mol. The zero-order valence-corrected chi connectivity index (χ0v) is 18.7. The van der Waals surface area contributed by atoms with Crippen LogP contribution in [0.15, 0.2) is 88.9 Å². The van der Waals surface area contributed by atoms with E-state index in [1.807, 2.05) is 19.1 Å². The molecule has 0 aliphatic heterocycles. The highest BCUT2D eigenvalue weighted by molar-refractivity contribution is 7.92. The Morgan fingerprint density at radius 1 is 0.970 bits per heavy atom. The van der Waals surface area contributed by atoms with Gasteiger partial charge in [-0.15, -0.1) is 0 Å². The Hall–Kier alpha value is -3.98. The van der Waals surface area contributed by atoms with Gasteiger partial charge in [-0.25, -0.2) is 18.6 Å². The van der Waals surface area contributed by atoms with E-state index in [1.54, 1.807) is 42.5 Å². The van der Waals surface area contributed by atoms with Crippen LogP contribution >= 0.6 is 0 Å². The molecule has 0 spiro atoms. The molecule has 9 heteroatoms. The number of aryl methyl sites for hydroxylation is 1. The molecular formula is C24H23N3O5S. The number of rotatable bonds is 9. The highest BCUT2D eigenvalue weighted by atomic mass is 32.2. The first kappa shape index (κ1) is 23.7. The fourth-order valence-electron chi connectivity index (χ4n) is 2.99. The summed E-state index contributed by atoms with van der Waals surface area (Å²) in [7, 11) is -3.99. The smallest absolute Gasteiger partial charge is 0.335 e. The lowest BCUT2D eigenvalue weighted by atomic mass is 10.1. The predicted molar refractivity (Wildman–Crippen MR) is 126 cm³/mol. The average molecular weight is 466 g/mol. The summed E-state index contributed by atoms with van der Waals surface area (Å²) >= 11 is 0. The van der Waals surface area contributed by atoms with Crippen LogP contribution in [0.2, 0.25) is 0 Å². The van der Waals surface area contributed by atoms with Crippen molar-refractivity contribution in [2.75, 3.05) is 10.8 Å². The minimum absolute atomic E-state index is 0.0689. The number of hydrazone groups is 1. The van der Waals surface area contributed by atoms with Crippen molar-refractivity contribution < 1.29 is 23.1 Å². The van der Waals surface area contributed by atoms with Gasteiger partial charge in [0.15, 0.2) is 0 Å². The van der Waals surface area contributed by atoms with Gasteiger partial charge < -0.3 is 5.11 Å². The minimum Gasteiger partial charge on any atom is -0.478 e. The van der Waals surface area contributed by atoms with E-state index in [0.29, 0.717) is 11.3 Å². The summed E-state index contributed by atoms with van der Waals surface area (Å²) in [5, 5.41) is 12.8. The highest BCUT2D eigenvalue weighted by Crippen LogP contribution is 2.24. The molecule has 0 fully saturated rings. The Morgan fingerprint density at radius 2 is 1.61 bits per heavy atom. The van der Waals surface area contributed by atoms with Crippen molar-refractivity contribution in [3.63, 3.8) is 0 Å². The maximum atomic E-state index is 13.3. The SMILES string of the molecule is CCc1ccc(N(CC(=O)N/N=C\c2ccc(C(=O)O)cc2)S(=O)(=O)c2ccccc2)cc1. The van der Waals surface area contributed by atoms with E-state index < -0.39 is 28.4 Å². The molecule has 0 aromatic heterocycles. The van der Waals surface area contributed by atoms with Crippen molar-refractivity contribution in [1.82, 2.24) is 5.43 Å². The second-order valence-electron chi connectivity index (χ2n) is 7.07. The third-order valence-corrected chi connectivity index (χ3v) is 6.60. The van der Waals surface area contributed by atoms with Crippen LogP contribution in [0.25, 0.3) is 0 Å². The lowest BCUT2D eigenvalue weighted by Gasteiger charge is -2.24. The number of hydrogen-bond acceptors (Lipinski definition) is 5. The van der Waals surface area contributed by atoms with Crippen molar-refractivity contribution in [2.45, 2.75) is 18.2 Å². The fourth-order valence-corrected chi connectivity index (χ4v) is 4.43. The van der Waals surface area contributed by atoms with Gasteiger partial charge in [-0.1, -0.05) is 49.4 Å². The normalized spacial score (nSPS) is 11.3. The van der Waals surface area contributed by atoms with Gasteiger partial charge in [0.05, 0.1) is 22.4 Å². The molecule has 0 aliphatic carbocycles. The Kier molecular flexibility index (Phi) is 7.57. The van der Waals surface area contributed by atoms with E-state index in [2.05, 4.69) is 10.5 Å². The summed E-state index contributed by atoms with van der Waals surface area (Å²) in [6.45, 7) is 1.52. The predicted octanol–water partition coefficient (Wildman–Crippen LogP) is 3.29. The quantitative estimate of drug-likeness (QED) is 0.372. The third kappa shape index (κ3) is 6.05. The number of nitrogens with zero attached hydrogens (tertiary/aromatic N) is 2. The number of carbonyl (C=O) groups is 2. The Bertz CT molecular complexity index is 1240. The Labute approximate surface area is 192 Å². The second kappa shape index (κ2) is 10.6. The summed E-state index contributed by atoms with van der Waals surface area (Å²) in [6.07, 6.45) is 2.14. The standard InChI is InChI=1S/C24H23N3O5S/c1-2-18-10-14-21(15-11-18)27(33(31,32)22-6-4-3-5-7-22)17-23(28)26-25-16-19-8-12-20(13-9-19)24(29)30/h3-16H,2,17H2,1H3,(H,26,28)(H,29,30)/b25-16-. The van der Waals surface area contributed by atoms with Gasteiger partial charge in [-0.3, -0.25) is 9.10 Å². The Morgan fingerprint density at radius 3 is 2.18 bits per heavy atom. The largest absolute Gasteiger partial charge is 0.478 e. The van der Waals surface area contributed by atoms with E-state index in [0.717, 1.165) is 16.3 Å². The van der Waals surface area contributed by atoms with Gasteiger partial charge in [0.1, 0.15) is 6.54 Å². The fraction of sp³-hybridized carbons (Fsp3) is 0.125. The molecule has 170 valence electrons. The molecule has 0 saturated heterocycles. The molecule has 0 bridgehead atoms. The summed E-state index contributed by atoms with van der Waals surface area (Å²) < 4.78 is 27.6. The van der Waals surface area contributed by atoms with E-state index in [1.165, 1.54) is 30.5 Å². The molecule has 3 aromatic rings. The zero-order chi connectivity index (χ0) is 23.8. The summed E-state index contributed by atoms with van der Waals surface area (Å²) in [4.78, 5) is 23.5. The molecule has 0 unspecified atom stereocenters. The molecule has 3 rings (SSSR count). The summed E-state index contributed by atoms with van der Waals surface area (Å²) in [5.41, 5.74) is 4.43. The van der Waals surface area contributed by atoms with Crippen molar-refractivity contribution in [3.05, 3.63) is 95.6 Å². The molecule has 2 N–H and O–H groups in total. The molecule has 0 heterocycles. The summed E-state index contributed by atoms with van der Waals surface area (Å²) in [6, 6.07) is 20.8. The van der Waals surface area contributed by atoms with Crippen LogP contribution in [-0.4, -0.2) is 38.2 Å². The molecule has 33 heavy (non-hydrogen) atoms. The van der Waals surface area contributed by atoms with Gasteiger partial charge in [0, 0.05) is 0 Å². The van der Waals surface area contributed by atoms with Crippen molar-refractivity contribution in [1.29, 1.82) is 0 Å². The van der Waals surface area contributed by atoms with Crippen LogP contribution in [0, 0.1) is 0 Å². The monoisotopic (exact) mass is 465 g/mol. The maximum absolute atomic E-state index is 13.3. The van der Waals surface area contributed by atoms with E-state index in [9.17, 15) is 18.0 Å². The van der Waals surface area contributed by atoms with Gasteiger partial charge in [-0.05, 0) is 53.9 Å². The van der Waals surface area contributed by atoms with Crippen LogP contribution in [0.4, 0.5) is 5.69 Å². The third-order valence-electron chi connectivity index (χ3n) is 4.81. The maximum Gasteiger partial charge on any atom is 0.335 e. The Balaban J connectivity index is 1.79. The first-order chi connectivity index (χ1) is 15.8. The number of nitrogens with one attached hydrogen (secondary N) is 1. The van der Waals surface area contributed by atoms with Crippen LogP contribution in [0.5, 0.6) is 0 Å². The number of hydrogen-bond donors (Lipinski definition) is 2. The molecule has 0 atom stereocenters. The number of carbonyl (C=O) groups excluding carboxylic acids is 1. The number of aromatic carboxylic acids is 1. The van der Waals surface area contributed by atoms with E-state index in [-0.39, 0.29) is 10.5 Å². The van der Waals surface area contributed by atoms with Gasteiger partial charge in [-0.2, -0.15) is 5.10 Å². The van der Waals surface area contributed by atoms with Crippen molar-refractivity contribution in [2.24, 2.45) is 5.10 Å². The molecule has 1 amide bonds. The number of anilines is 1. The topological polar surface area (TPSA) is 116 Å². The molecule has 0 radical (unpaired) electrons. The van der Waals surface area contributed by atoms with Crippen molar-refractivity contribution >= 4 is 33.8 Å². The van der Waals surface area contributed by atoms with Gasteiger partial charge >= 0.3 is 5.97 Å². The number of carboxylic acid groups (broad SMARTS) is 1. The zero-order valence-electron chi connectivity index (χ0n) is 17.9. The molecule has 0 aliphatic rings. The number of sulfonamides is 1. The van der Waals surface area contributed by atoms with Crippen molar-refractivity contribution in [3.8, 4) is 0 Å². The lowest BCUT2D eigenvalue weighted by Crippen LogP contribution is -2.39. The number of benzene rings is 3. The lowest BCUT2D eigenvalue weighted by molar-refractivity contribution is -0.119. The van der Waals surface area contributed by atoms with Crippen LogP contribution < -0.4 is 9.73 Å². The average Bonchev–Trinajstić information content (AvgIpc) is 2.83. The second-order valence-corrected chi connectivity index (χ2v) is 8.93. The van der Waals surface area contributed by atoms with Crippen LogP contribution in [0.3, 0.4) is 0 Å². The highest BCUT2D eigenvalue weighted by Gasteiger charge is 2.27.